The number of carbonyl (C=O) groups is 1. The molecule has 0 aromatic heterocycles. The molecular weight excluding hydrogens is 186 g/mol. The van der Waals surface area contributed by atoms with E-state index < -0.39 is 5.41 Å². The average Bonchev–Trinajstić information content (AvgIpc) is 2.53. The van der Waals surface area contributed by atoms with Gasteiger partial charge in [0.25, 0.3) is 0 Å². The van der Waals surface area contributed by atoms with Gasteiger partial charge in [-0.25, -0.2) is 0 Å². The van der Waals surface area contributed by atoms with E-state index in [9.17, 15) is 4.79 Å². The van der Waals surface area contributed by atoms with Crippen molar-refractivity contribution in [1.82, 2.24) is 0 Å². The van der Waals surface area contributed by atoms with Gasteiger partial charge in [0.15, 0.2) is 0 Å². The summed E-state index contributed by atoms with van der Waals surface area (Å²) in [7, 11) is 0. The Kier molecular flexibility index (Phi) is 2.24. The maximum Gasteiger partial charge on any atom is 0.236 e. The Hall–Kier alpha value is -1.75. The summed E-state index contributed by atoms with van der Waals surface area (Å²) in [5, 5.41) is 2.89. The Morgan fingerprint density at radius 2 is 2.20 bits per heavy atom. The molecule has 1 aliphatic heterocycles. The summed E-state index contributed by atoms with van der Waals surface area (Å²) in [4.78, 5) is 12.0. The number of anilines is 1. The summed E-state index contributed by atoms with van der Waals surface area (Å²) in [5.74, 6) is 2.64. The van der Waals surface area contributed by atoms with Crippen LogP contribution in [0.25, 0.3) is 0 Å². The third kappa shape index (κ3) is 1.24. The van der Waals surface area contributed by atoms with Crippen molar-refractivity contribution in [2.24, 2.45) is 0 Å². The van der Waals surface area contributed by atoms with E-state index in [-0.39, 0.29) is 5.91 Å². The average molecular weight is 199 g/mol. The number of nitrogens with one attached hydrogen (secondary N) is 1. The van der Waals surface area contributed by atoms with Crippen LogP contribution in [-0.4, -0.2) is 5.91 Å². The van der Waals surface area contributed by atoms with Gasteiger partial charge in [-0.05, 0) is 18.1 Å². The molecule has 1 aliphatic rings. The van der Waals surface area contributed by atoms with E-state index in [1.807, 2.05) is 31.2 Å². The van der Waals surface area contributed by atoms with Gasteiger partial charge in [0, 0.05) is 12.1 Å². The van der Waals surface area contributed by atoms with E-state index in [1.165, 1.54) is 0 Å². The van der Waals surface area contributed by atoms with Crippen LogP contribution < -0.4 is 5.32 Å². The Morgan fingerprint density at radius 3 is 2.87 bits per heavy atom. The second kappa shape index (κ2) is 3.43. The molecule has 1 heterocycles. The second-order valence-corrected chi connectivity index (χ2v) is 3.82. The summed E-state index contributed by atoms with van der Waals surface area (Å²) < 4.78 is 0. The molecule has 1 aromatic rings. The minimum Gasteiger partial charge on any atom is -0.325 e. The molecule has 1 aromatic carbocycles. The number of para-hydroxylation sites is 1. The second-order valence-electron chi connectivity index (χ2n) is 3.82. The van der Waals surface area contributed by atoms with Crippen molar-refractivity contribution >= 4 is 11.6 Å². The number of hydrogen-bond acceptors (Lipinski definition) is 1. The van der Waals surface area contributed by atoms with Crippen molar-refractivity contribution in [2.45, 2.75) is 25.2 Å². The molecule has 1 N–H and O–H groups in total. The minimum absolute atomic E-state index is 0.0316. The van der Waals surface area contributed by atoms with Gasteiger partial charge in [0.2, 0.25) is 5.91 Å². The third-order valence-corrected chi connectivity index (χ3v) is 3.13. The largest absolute Gasteiger partial charge is 0.325 e. The lowest BCUT2D eigenvalue weighted by atomic mass is 9.77. The summed E-state index contributed by atoms with van der Waals surface area (Å²) in [6.45, 7) is 2.00. The number of fused-ring (bicyclic) bond motifs is 1. The molecule has 2 nitrogen and oxygen atoms in total. The highest BCUT2D eigenvalue weighted by molar-refractivity contribution is 6.06. The highest BCUT2D eigenvalue weighted by Crippen LogP contribution is 2.42. The normalized spacial score (nSPS) is 23.1. The number of amides is 1. The zero-order valence-electron chi connectivity index (χ0n) is 8.71. The number of hydrogen-bond donors (Lipinski definition) is 1. The quantitative estimate of drug-likeness (QED) is 0.727. The van der Waals surface area contributed by atoms with Gasteiger partial charge in [-0.2, -0.15) is 0 Å². The van der Waals surface area contributed by atoms with Gasteiger partial charge in [0.1, 0.15) is 0 Å². The summed E-state index contributed by atoms with van der Waals surface area (Å²) in [6.07, 6.45) is 6.56. The van der Waals surface area contributed by atoms with E-state index in [1.54, 1.807) is 0 Å². The van der Waals surface area contributed by atoms with Gasteiger partial charge in [-0.1, -0.05) is 25.1 Å². The topological polar surface area (TPSA) is 29.1 Å². The van der Waals surface area contributed by atoms with Crippen LogP contribution in [-0.2, 0) is 10.2 Å². The van der Waals surface area contributed by atoms with Crippen molar-refractivity contribution in [3.05, 3.63) is 29.8 Å². The molecule has 15 heavy (non-hydrogen) atoms. The molecule has 0 radical (unpaired) electrons. The van der Waals surface area contributed by atoms with Crippen molar-refractivity contribution < 1.29 is 4.79 Å². The van der Waals surface area contributed by atoms with E-state index in [0.717, 1.165) is 17.7 Å². The highest BCUT2D eigenvalue weighted by atomic mass is 16.2. The number of rotatable bonds is 2. The molecule has 2 rings (SSSR count). The minimum atomic E-state index is -0.509. The maximum absolute atomic E-state index is 12.0. The van der Waals surface area contributed by atoms with Crippen LogP contribution in [0.4, 0.5) is 5.69 Å². The smallest absolute Gasteiger partial charge is 0.236 e. The van der Waals surface area contributed by atoms with Crippen molar-refractivity contribution in [2.75, 3.05) is 5.32 Å². The predicted octanol–water partition coefficient (Wildman–Crippen LogP) is 2.31. The van der Waals surface area contributed by atoms with Crippen molar-refractivity contribution in [3.8, 4) is 12.3 Å². The van der Waals surface area contributed by atoms with Gasteiger partial charge in [0.05, 0.1) is 5.41 Å². The number of terminal acetylenes is 1. The zero-order chi connectivity index (χ0) is 10.9. The standard InChI is InChI=1S/C13H13NO/c1-3-9-13(4-2)10-7-5-6-8-11(10)14-12(13)15/h1,5-8H,4,9H2,2H3,(H,14,15). The summed E-state index contributed by atoms with van der Waals surface area (Å²) >= 11 is 0. The molecule has 1 atom stereocenters. The van der Waals surface area contributed by atoms with E-state index in [2.05, 4.69) is 11.2 Å². The molecule has 0 aliphatic carbocycles. The molecule has 76 valence electrons. The number of carbonyl (C=O) groups excluding carboxylic acids is 1. The van der Waals surface area contributed by atoms with Crippen LogP contribution in [0.1, 0.15) is 25.3 Å². The van der Waals surface area contributed by atoms with Gasteiger partial charge in [-0.15, -0.1) is 12.3 Å². The fourth-order valence-electron chi connectivity index (χ4n) is 2.20. The zero-order valence-corrected chi connectivity index (χ0v) is 8.71. The summed E-state index contributed by atoms with van der Waals surface area (Å²) in [6, 6.07) is 7.76. The molecule has 0 fully saturated rings. The lowest BCUT2D eigenvalue weighted by molar-refractivity contribution is -0.120. The summed E-state index contributed by atoms with van der Waals surface area (Å²) in [5.41, 5.74) is 1.43. The van der Waals surface area contributed by atoms with Gasteiger partial charge < -0.3 is 5.32 Å². The maximum atomic E-state index is 12.0. The lowest BCUT2D eigenvalue weighted by Crippen LogP contribution is -2.33. The van der Waals surface area contributed by atoms with Crippen molar-refractivity contribution in [3.63, 3.8) is 0 Å². The first-order valence-corrected chi connectivity index (χ1v) is 5.09. The Morgan fingerprint density at radius 1 is 1.47 bits per heavy atom. The van der Waals surface area contributed by atoms with Crippen LogP contribution in [0.3, 0.4) is 0 Å². The SMILES string of the molecule is C#CCC1(CC)C(=O)Nc2ccccc21. The molecular formula is C13H13NO. The Bertz CT molecular complexity index is 444. The first kappa shape index (κ1) is 9.79. The fourth-order valence-corrected chi connectivity index (χ4v) is 2.20. The lowest BCUT2D eigenvalue weighted by Gasteiger charge is -2.22. The van der Waals surface area contributed by atoms with Crippen LogP contribution >= 0.6 is 0 Å². The first-order chi connectivity index (χ1) is 7.24. The van der Waals surface area contributed by atoms with E-state index in [0.29, 0.717) is 6.42 Å². The molecule has 0 saturated heterocycles. The van der Waals surface area contributed by atoms with Crippen LogP contribution in [0.2, 0.25) is 0 Å². The molecule has 1 amide bonds. The van der Waals surface area contributed by atoms with Crippen molar-refractivity contribution in [1.29, 1.82) is 0 Å². The number of benzene rings is 1. The molecule has 2 heteroatoms. The molecule has 1 unspecified atom stereocenters. The van der Waals surface area contributed by atoms with E-state index in [4.69, 9.17) is 6.42 Å². The monoisotopic (exact) mass is 199 g/mol. The van der Waals surface area contributed by atoms with Gasteiger partial charge in [-0.3, -0.25) is 4.79 Å². The first-order valence-electron chi connectivity index (χ1n) is 5.09. The van der Waals surface area contributed by atoms with E-state index >= 15 is 0 Å². The Labute approximate surface area is 89.7 Å². The van der Waals surface area contributed by atoms with Gasteiger partial charge >= 0.3 is 0 Å². The van der Waals surface area contributed by atoms with Crippen LogP contribution in [0.15, 0.2) is 24.3 Å². The Balaban J connectivity index is 2.57. The fraction of sp³-hybridized carbons (Fsp3) is 0.308. The molecule has 0 bridgehead atoms. The highest BCUT2D eigenvalue weighted by Gasteiger charge is 2.44. The van der Waals surface area contributed by atoms with Crippen LogP contribution in [0.5, 0.6) is 0 Å². The molecule has 0 spiro atoms. The predicted molar refractivity (Wildman–Crippen MR) is 60.5 cm³/mol. The van der Waals surface area contributed by atoms with Crippen LogP contribution in [0, 0.1) is 12.3 Å². The third-order valence-electron chi connectivity index (χ3n) is 3.13. The molecule has 0 saturated carbocycles.